The Hall–Kier alpha value is -4.81. The lowest BCUT2D eigenvalue weighted by atomic mass is 9.69. The van der Waals surface area contributed by atoms with Gasteiger partial charge in [0.1, 0.15) is 33.5 Å². The number of benzene rings is 3. The van der Waals surface area contributed by atoms with Crippen molar-refractivity contribution in [2.24, 2.45) is 5.41 Å². The maximum atomic E-state index is 14.3. The first-order chi connectivity index (χ1) is 23.9. The molecule has 1 aliphatic heterocycles. The molecule has 11 nitrogen and oxygen atoms in total. The molecule has 0 fully saturated rings. The lowest BCUT2D eigenvalue weighted by Crippen LogP contribution is -2.38. The standard InChI is InChI=1S/C38H44N6O5S/c1-8-29-23-43(50(46,47)33-15-11-10-14-31(33)49-29)22-27-19-26(17-16-24(27)3)34(38(5,6)37(45)40-28-13-12-18-39-21-28)30-20-32(48-7)36-35(25(30)4)41-42-44(36)9-2/h10-21,29,34H,8-9,22-23H2,1-7H3,(H,40,45)/t29-,34-/m1/s1. The van der Waals surface area contributed by atoms with E-state index in [4.69, 9.17) is 9.47 Å². The second-order valence-corrected chi connectivity index (χ2v) is 15.2. The molecule has 1 aliphatic rings. The Balaban J connectivity index is 1.50. The lowest BCUT2D eigenvalue weighted by molar-refractivity contribution is -0.124. The molecule has 0 aliphatic carbocycles. The molecule has 2 aromatic heterocycles. The minimum atomic E-state index is -3.88. The number of nitrogens with zero attached hydrogens (tertiary/aromatic N) is 5. The first-order valence-electron chi connectivity index (χ1n) is 16.9. The van der Waals surface area contributed by atoms with Crippen LogP contribution in [-0.2, 0) is 27.9 Å². The Morgan fingerprint density at radius 1 is 1.10 bits per heavy atom. The van der Waals surface area contributed by atoms with Crippen LogP contribution < -0.4 is 14.8 Å². The van der Waals surface area contributed by atoms with Gasteiger partial charge in [0.2, 0.25) is 15.9 Å². The number of carbonyl (C=O) groups is 1. The zero-order chi connectivity index (χ0) is 35.8. The third-order valence-electron chi connectivity index (χ3n) is 9.78. The van der Waals surface area contributed by atoms with Crippen LogP contribution >= 0.6 is 0 Å². The van der Waals surface area contributed by atoms with Gasteiger partial charge >= 0.3 is 0 Å². The molecule has 3 aromatic carbocycles. The summed E-state index contributed by atoms with van der Waals surface area (Å²) in [4.78, 5) is 18.6. The summed E-state index contributed by atoms with van der Waals surface area (Å²) in [5.41, 5.74) is 5.39. The Labute approximate surface area is 293 Å². The molecule has 0 saturated carbocycles. The molecular formula is C38H44N6O5S. The number of amides is 1. The third kappa shape index (κ3) is 6.33. The van der Waals surface area contributed by atoms with E-state index in [1.807, 2.05) is 65.8 Å². The zero-order valence-electron chi connectivity index (χ0n) is 29.6. The molecule has 0 saturated heterocycles. The number of anilines is 1. The molecule has 0 radical (unpaired) electrons. The van der Waals surface area contributed by atoms with E-state index in [0.29, 0.717) is 35.7 Å². The van der Waals surface area contributed by atoms with Crippen LogP contribution in [0, 0.1) is 19.3 Å². The third-order valence-corrected chi connectivity index (χ3v) is 11.6. The number of pyridine rings is 1. The van der Waals surface area contributed by atoms with Crippen LogP contribution in [-0.4, -0.2) is 58.4 Å². The van der Waals surface area contributed by atoms with E-state index in [2.05, 4.69) is 20.6 Å². The number of sulfonamides is 1. The summed E-state index contributed by atoms with van der Waals surface area (Å²) in [6.07, 6.45) is 3.61. The average molecular weight is 697 g/mol. The summed E-state index contributed by atoms with van der Waals surface area (Å²) in [7, 11) is -2.26. The zero-order valence-corrected chi connectivity index (χ0v) is 30.4. The number of hydrogen-bond acceptors (Lipinski definition) is 8. The van der Waals surface area contributed by atoms with Gasteiger partial charge in [-0.25, -0.2) is 13.1 Å². The lowest BCUT2D eigenvalue weighted by Gasteiger charge is -2.35. The van der Waals surface area contributed by atoms with Gasteiger partial charge in [-0.2, -0.15) is 4.31 Å². The topological polar surface area (TPSA) is 129 Å². The monoisotopic (exact) mass is 696 g/mol. The van der Waals surface area contributed by atoms with Gasteiger partial charge in [0, 0.05) is 25.2 Å². The summed E-state index contributed by atoms with van der Waals surface area (Å²) >= 11 is 0. The van der Waals surface area contributed by atoms with Crippen molar-refractivity contribution in [3.05, 3.63) is 101 Å². The van der Waals surface area contributed by atoms with E-state index >= 15 is 0 Å². The number of methoxy groups -OCH3 is 1. The maximum Gasteiger partial charge on any atom is 0.247 e. The minimum Gasteiger partial charge on any atom is -0.494 e. The van der Waals surface area contributed by atoms with E-state index in [-0.39, 0.29) is 30.0 Å². The number of carbonyl (C=O) groups excluding carboxylic acids is 1. The molecule has 12 heteroatoms. The van der Waals surface area contributed by atoms with Crippen LogP contribution in [0.4, 0.5) is 5.69 Å². The highest BCUT2D eigenvalue weighted by atomic mass is 32.2. The predicted molar refractivity (Wildman–Crippen MR) is 193 cm³/mol. The number of aryl methyl sites for hydroxylation is 3. The van der Waals surface area contributed by atoms with Crippen LogP contribution in [0.25, 0.3) is 11.0 Å². The molecule has 50 heavy (non-hydrogen) atoms. The molecule has 5 aromatic rings. The predicted octanol–water partition coefficient (Wildman–Crippen LogP) is 6.63. The molecule has 0 unspecified atom stereocenters. The molecule has 0 bridgehead atoms. The van der Waals surface area contributed by atoms with Crippen molar-refractivity contribution in [1.82, 2.24) is 24.3 Å². The number of hydrogen-bond donors (Lipinski definition) is 1. The van der Waals surface area contributed by atoms with Crippen molar-refractivity contribution in [2.75, 3.05) is 19.0 Å². The normalized spacial score (nSPS) is 16.7. The number of fused-ring (bicyclic) bond motifs is 2. The molecular weight excluding hydrogens is 653 g/mol. The molecule has 1 N–H and O–H groups in total. The second kappa shape index (κ2) is 13.8. The maximum absolute atomic E-state index is 14.3. The van der Waals surface area contributed by atoms with Gasteiger partial charge in [0.05, 0.1) is 31.0 Å². The molecule has 2 atom stereocenters. The molecule has 262 valence electrons. The summed E-state index contributed by atoms with van der Waals surface area (Å²) in [6.45, 7) is 12.8. The highest BCUT2D eigenvalue weighted by molar-refractivity contribution is 7.89. The fourth-order valence-corrected chi connectivity index (χ4v) is 8.39. The van der Waals surface area contributed by atoms with Crippen LogP contribution in [0.1, 0.15) is 67.9 Å². The Bertz CT molecular complexity index is 2150. The summed E-state index contributed by atoms with van der Waals surface area (Å²) < 4.78 is 43.6. The van der Waals surface area contributed by atoms with Gasteiger partial charge in [-0.1, -0.05) is 56.3 Å². The van der Waals surface area contributed by atoms with Crippen molar-refractivity contribution >= 4 is 32.7 Å². The largest absolute Gasteiger partial charge is 0.494 e. The molecule has 6 rings (SSSR count). The van der Waals surface area contributed by atoms with E-state index < -0.39 is 21.4 Å². The summed E-state index contributed by atoms with van der Waals surface area (Å²) in [5, 5.41) is 12.0. The van der Waals surface area contributed by atoms with Gasteiger partial charge in [-0.15, -0.1) is 5.10 Å². The highest BCUT2D eigenvalue weighted by Crippen LogP contribution is 2.46. The summed E-state index contributed by atoms with van der Waals surface area (Å²) in [6, 6.07) is 18.4. The van der Waals surface area contributed by atoms with Crippen LogP contribution in [0.3, 0.4) is 0 Å². The van der Waals surface area contributed by atoms with Crippen LogP contribution in [0.5, 0.6) is 11.5 Å². The second-order valence-electron chi connectivity index (χ2n) is 13.3. The summed E-state index contributed by atoms with van der Waals surface area (Å²) in [5.74, 6) is 0.265. The fraction of sp³-hybridized carbons (Fsp3) is 0.368. The number of aromatic nitrogens is 4. The van der Waals surface area contributed by atoms with E-state index in [0.717, 1.165) is 33.3 Å². The Morgan fingerprint density at radius 2 is 1.88 bits per heavy atom. The van der Waals surface area contributed by atoms with E-state index in [1.54, 1.807) is 60.6 Å². The number of ether oxygens (including phenoxy) is 2. The van der Waals surface area contributed by atoms with E-state index in [9.17, 15) is 13.2 Å². The molecule has 3 heterocycles. The van der Waals surface area contributed by atoms with Gasteiger partial charge in [0.25, 0.3) is 0 Å². The molecule has 1 amide bonds. The van der Waals surface area contributed by atoms with Crippen molar-refractivity contribution < 1.29 is 22.7 Å². The van der Waals surface area contributed by atoms with E-state index in [1.165, 1.54) is 4.31 Å². The fourth-order valence-electron chi connectivity index (χ4n) is 6.82. The van der Waals surface area contributed by atoms with Crippen molar-refractivity contribution in [3.8, 4) is 11.5 Å². The highest BCUT2D eigenvalue weighted by Gasteiger charge is 2.41. The minimum absolute atomic E-state index is 0.136. The van der Waals surface area contributed by atoms with Crippen LogP contribution in [0.15, 0.2) is 78.0 Å². The first-order valence-corrected chi connectivity index (χ1v) is 18.3. The number of rotatable bonds is 10. The molecule has 0 spiro atoms. The Kier molecular flexibility index (Phi) is 9.69. The van der Waals surface area contributed by atoms with Crippen LogP contribution in [0.2, 0.25) is 0 Å². The van der Waals surface area contributed by atoms with Crippen molar-refractivity contribution in [3.63, 3.8) is 0 Å². The Morgan fingerprint density at radius 3 is 2.58 bits per heavy atom. The van der Waals surface area contributed by atoms with Gasteiger partial charge < -0.3 is 14.8 Å². The van der Waals surface area contributed by atoms with Gasteiger partial charge in [0.15, 0.2) is 0 Å². The average Bonchev–Trinajstić information content (AvgIpc) is 3.51. The van der Waals surface area contributed by atoms with Gasteiger partial charge in [-0.05, 0) is 85.3 Å². The van der Waals surface area contributed by atoms with Crippen molar-refractivity contribution in [2.45, 2.75) is 78.0 Å². The first kappa shape index (κ1) is 35.0. The van der Waals surface area contributed by atoms with Crippen molar-refractivity contribution in [1.29, 1.82) is 0 Å². The number of para-hydroxylation sites is 1. The SMILES string of the molecule is CC[C@@H]1CN(Cc2cc([C@H](c3cc(OC)c4c(nnn4CC)c3C)C(C)(C)C(=O)Nc3cccnc3)ccc2C)S(=O)(=O)c2ccccc2O1. The number of nitrogens with one attached hydrogen (secondary N) is 1. The van der Waals surface area contributed by atoms with Gasteiger partial charge in [-0.3, -0.25) is 9.78 Å². The quantitative estimate of drug-likeness (QED) is 0.172. The smallest absolute Gasteiger partial charge is 0.247 e.